The van der Waals surface area contributed by atoms with Gasteiger partial charge in [0.2, 0.25) is 5.91 Å². The average molecular weight is 434 g/mol. The molecule has 9 heteroatoms. The third-order valence-electron chi connectivity index (χ3n) is 3.93. The summed E-state index contributed by atoms with van der Waals surface area (Å²) in [6.07, 6.45) is 0. The monoisotopic (exact) mass is 433 g/mol. The second kappa shape index (κ2) is 10.1. The zero-order valence-corrected chi connectivity index (χ0v) is 18.6. The molecule has 1 amide bonds. The van der Waals surface area contributed by atoms with E-state index in [2.05, 4.69) is 63.2 Å². The Morgan fingerprint density at radius 1 is 1.18 bits per heavy atom. The molecule has 1 aromatic carbocycles. The van der Waals surface area contributed by atoms with Crippen molar-refractivity contribution in [1.82, 2.24) is 19.7 Å². The van der Waals surface area contributed by atoms with E-state index in [-0.39, 0.29) is 11.7 Å². The predicted molar refractivity (Wildman–Crippen MR) is 118 cm³/mol. The molecule has 0 radical (unpaired) electrons. The van der Waals surface area contributed by atoms with E-state index < -0.39 is 0 Å². The second-order valence-corrected chi connectivity index (χ2v) is 9.04. The zero-order chi connectivity index (χ0) is 19.9. The Labute approximate surface area is 177 Å². The largest absolute Gasteiger partial charge is 0.306 e. The van der Waals surface area contributed by atoms with Crippen LogP contribution in [0.3, 0.4) is 0 Å². The van der Waals surface area contributed by atoms with Gasteiger partial charge in [0.05, 0.1) is 17.2 Å². The maximum atomic E-state index is 12.1. The van der Waals surface area contributed by atoms with Crippen LogP contribution in [0.15, 0.2) is 34.8 Å². The van der Waals surface area contributed by atoms with Crippen molar-refractivity contribution in [2.75, 3.05) is 11.1 Å². The topological polar surface area (TPSA) is 72.7 Å². The minimum absolute atomic E-state index is 0.0831. The second-order valence-electron chi connectivity index (χ2n) is 6.25. The lowest BCUT2D eigenvalue weighted by atomic mass is 10.2. The smallest absolute Gasteiger partial charge is 0.236 e. The molecule has 0 spiro atoms. The highest BCUT2D eigenvalue weighted by atomic mass is 32.2. The highest BCUT2D eigenvalue weighted by molar-refractivity contribution is 7.99. The molecule has 0 aliphatic heterocycles. The lowest BCUT2D eigenvalue weighted by Crippen LogP contribution is -2.14. The number of carbonyl (C=O) groups is 1. The number of aromatic nitrogens is 4. The molecule has 28 heavy (non-hydrogen) atoms. The molecular formula is C19H23N5OS3. The van der Waals surface area contributed by atoms with Gasteiger partial charge in [0.25, 0.3) is 0 Å². The van der Waals surface area contributed by atoms with Gasteiger partial charge in [-0.15, -0.1) is 33.3 Å². The Kier molecular flexibility index (Phi) is 7.52. The Bertz CT molecular complexity index is 920. The highest BCUT2D eigenvalue weighted by Gasteiger charge is 2.14. The Hall–Kier alpha value is -1.84. The summed E-state index contributed by atoms with van der Waals surface area (Å²) in [5.74, 6) is 2.88. The number of anilines is 1. The van der Waals surface area contributed by atoms with Crippen molar-refractivity contribution in [3.8, 4) is 0 Å². The van der Waals surface area contributed by atoms with Crippen LogP contribution in [-0.2, 0) is 22.8 Å². The van der Waals surface area contributed by atoms with Crippen LogP contribution in [0.4, 0.5) is 5.13 Å². The summed E-state index contributed by atoms with van der Waals surface area (Å²) in [7, 11) is 0. The summed E-state index contributed by atoms with van der Waals surface area (Å²) >= 11 is 4.65. The first-order chi connectivity index (χ1) is 13.5. The number of benzene rings is 1. The molecule has 0 saturated heterocycles. The minimum atomic E-state index is -0.0831. The van der Waals surface area contributed by atoms with Crippen molar-refractivity contribution in [3.05, 3.63) is 52.3 Å². The van der Waals surface area contributed by atoms with Gasteiger partial charge in [0, 0.05) is 17.7 Å². The van der Waals surface area contributed by atoms with Crippen LogP contribution in [0.5, 0.6) is 0 Å². The summed E-state index contributed by atoms with van der Waals surface area (Å²) in [6, 6.07) is 8.60. The summed E-state index contributed by atoms with van der Waals surface area (Å²) in [6.45, 7) is 6.85. The zero-order valence-electron chi connectivity index (χ0n) is 16.1. The molecule has 0 bridgehead atoms. The predicted octanol–water partition coefficient (Wildman–Crippen LogP) is 4.54. The van der Waals surface area contributed by atoms with Gasteiger partial charge in [-0.05, 0) is 26.3 Å². The van der Waals surface area contributed by atoms with E-state index >= 15 is 0 Å². The summed E-state index contributed by atoms with van der Waals surface area (Å²) < 4.78 is 2.08. The van der Waals surface area contributed by atoms with Gasteiger partial charge in [-0.2, -0.15) is 0 Å². The van der Waals surface area contributed by atoms with Gasteiger partial charge in [-0.3, -0.25) is 4.79 Å². The minimum Gasteiger partial charge on any atom is -0.306 e. The number of thioether (sulfide) groups is 2. The number of thiazole rings is 1. The fourth-order valence-electron chi connectivity index (χ4n) is 2.49. The van der Waals surface area contributed by atoms with Gasteiger partial charge in [0.1, 0.15) is 5.82 Å². The number of nitrogens with zero attached hydrogens (tertiary/aromatic N) is 4. The van der Waals surface area contributed by atoms with Crippen molar-refractivity contribution < 1.29 is 4.79 Å². The Morgan fingerprint density at radius 3 is 2.64 bits per heavy atom. The first-order valence-corrected chi connectivity index (χ1v) is 12.0. The van der Waals surface area contributed by atoms with Crippen LogP contribution < -0.4 is 5.32 Å². The first-order valence-electron chi connectivity index (χ1n) is 8.95. The average Bonchev–Trinajstić information content (AvgIpc) is 3.27. The summed E-state index contributed by atoms with van der Waals surface area (Å²) in [5, 5.41) is 14.7. The number of carbonyl (C=O) groups excluding carboxylic acids is 1. The van der Waals surface area contributed by atoms with E-state index in [9.17, 15) is 4.79 Å². The van der Waals surface area contributed by atoms with Crippen molar-refractivity contribution in [2.45, 2.75) is 44.0 Å². The van der Waals surface area contributed by atoms with Crippen LogP contribution in [0.1, 0.15) is 29.6 Å². The molecule has 3 rings (SSSR count). The lowest BCUT2D eigenvalue weighted by Gasteiger charge is -2.07. The third kappa shape index (κ3) is 5.83. The van der Waals surface area contributed by atoms with Crippen LogP contribution in [0, 0.1) is 13.8 Å². The maximum absolute atomic E-state index is 12.1. The fraction of sp³-hybridized carbons (Fsp3) is 0.368. The van der Waals surface area contributed by atoms with E-state index in [0.29, 0.717) is 5.13 Å². The summed E-state index contributed by atoms with van der Waals surface area (Å²) in [4.78, 5) is 16.4. The van der Waals surface area contributed by atoms with Crippen molar-refractivity contribution in [2.24, 2.45) is 0 Å². The number of hydrogen-bond acceptors (Lipinski definition) is 7. The van der Waals surface area contributed by atoms with Gasteiger partial charge in [-0.25, -0.2) is 4.98 Å². The van der Waals surface area contributed by atoms with Gasteiger partial charge in [-0.1, -0.05) is 41.6 Å². The lowest BCUT2D eigenvalue weighted by molar-refractivity contribution is -0.113. The van der Waals surface area contributed by atoms with Gasteiger partial charge >= 0.3 is 0 Å². The van der Waals surface area contributed by atoms with Gasteiger partial charge < -0.3 is 9.88 Å². The Morgan fingerprint density at radius 2 is 1.96 bits per heavy atom. The van der Waals surface area contributed by atoms with Gasteiger partial charge in [0.15, 0.2) is 10.3 Å². The molecule has 0 fully saturated rings. The van der Waals surface area contributed by atoms with E-state index in [4.69, 9.17) is 0 Å². The standard InChI is InChI=1S/C19H23N5OS3/c1-4-24-16(11-26-10-15-7-5-13(2)6-8-15)22-23-19(24)28-12-17(25)21-18-20-14(3)9-27-18/h5-9H,4,10-12H2,1-3H3,(H,20,21,25). The molecule has 2 heterocycles. The molecule has 0 aliphatic carbocycles. The van der Waals surface area contributed by atoms with Crippen molar-refractivity contribution >= 4 is 45.9 Å². The molecule has 148 valence electrons. The normalized spacial score (nSPS) is 11.0. The van der Waals surface area contributed by atoms with Crippen molar-refractivity contribution in [3.63, 3.8) is 0 Å². The quantitative estimate of drug-likeness (QED) is 0.500. The highest BCUT2D eigenvalue weighted by Crippen LogP contribution is 2.22. The fourth-order valence-corrected chi connectivity index (χ4v) is 4.94. The number of nitrogens with one attached hydrogen (secondary N) is 1. The molecule has 3 aromatic rings. The number of rotatable bonds is 9. The SMILES string of the molecule is CCn1c(CSCc2ccc(C)cc2)nnc1SCC(=O)Nc1nc(C)cs1. The molecule has 0 saturated carbocycles. The number of hydrogen-bond donors (Lipinski definition) is 1. The van der Waals surface area contributed by atoms with E-state index in [0.717, 1.165) is 34.7 Å². The van der Waals surface area contributed by atoms with Crippen LogP contribution in [0.25, 0.3) is 0 Å². The van der Waals surface area contributed by atoms with E-state index in [1.807, 2.05) is 24.1 Å². The third-order valence-corrected chi connectivity index (χ3v) is 6.77. The van der Waals surface area contributed by atoms with E-state index in [1.54, 1.807) is 0 Å². The Balaban J connectivity index is 1.51. The molecule has 0 aliphatic rings. The number of aryl methyl sites for hydroxylation is 2. The van der Waals surface area contributed by atoms with Crippen molar-refractivity contribution in [1.29, 1.82) is 0 Å². The molecule has 1 N–H and O–H groups in total. The summed E-state index contributed by atoms with van der Waals surface area (Å²) in [5.41, 5.74) is 3.49. The van der Waals surface area contributed by atoms with Crippen LogP contribution in [-0.4, -0.2) is 31.4 Å². The molecule has 0 atom stereocenters. The first kappa shape index (κ1) is 20.9. The van der Waals surface area contributed by atoms with E-state index in [1.165, 1.54) is 34.2 Å². The molecule has 2 aromatic heterocycles. The number of amides is 1. The van der Waals surface area contributed by atoms with Crippen LogP contribution >= 0.6 is 34.9 Å². The maximum Gasteiger partial charge on any atom is 0.236 e. The van der Waals surface area contributed by atoms with Crippen LogP contribution in [0.2, 0.25) is 0 Å². The molecule has 0 unspecified atom stereocenters. The molecule has 6 nitrogen and oxygen atoms in total. The molecular weight excluding hydrogens is 410 g/mol.